The highest BCUT2D eigenvalue weighted by atomic mass is 32.2. The Labute approximate surface area is 105 Å². The van der Waals surface area contributed by atoms with Gasteiger partial charge in [0.15, 0.2) is 0 Å². The molecular formula is C13H14N2OS. The summed E-state index contributed by atoms with van der Waals surface area (Å²) in [5, 5.41) is 9.07. The predicted octanol–water partition coefficient (Wildman–Crippen LogP) is 2.57. The van der Waals surface area contributed by atoms with E-state index in [0.717, 1.165) is 17.3 Å². The van der Waals surface area contributed by atoms with Crippen LogP contribution in [0, 0.1) is 6.92 Å². The predicted molar refractivity (Wildman–Crippen MR) is 68.7 cm³/mol. The van der Waals surface area contributed by atoms with Crippen LogP contribution in [0.15, 0.2) is 41.3 Å². The molecule has 0 aliphatic rings. The molecule has 0 unspecified atom stereocenters. The Bertz CT molecular complexity index is 488. The maximum absolute atomic E-state index is 9.07. The summed E-state index contributed by atoms with van der Waals surface area (Å²) in [6, 6.07) is 12.0. The molecule has 1 aromatic heterocycles. The molecule has 0 fully saturated rings. The van der Waals surface area contributed by atoms with E-state index in [1.807, 2.05) is 25.1 Å². The molecule has 3 nitrogen and oxygen atoms in total. The van der Waals surface area contributed by atoms with E-state index in [0.29, 0.717) is 5.69 Å². The van der Waals surface area contributed by atoms with Crippen molar-refractivity contribution in [3.63, 3.8) is 0 Å². The SMILES string of the molecule is Cc1cc(CO)nc(CSc2ccccc2)n1. The molecule has 2 aromatic rings. The minimum atomic E-state index is -0.0354. The van der Waals surface area contributed by atoms with Crippen LogP contribution in [0.4, 0.5) is 0 Å². The van der Waals surface area contributed by atoms with Crippen molar-refractivity contribution in [2.75, 3.05) is 0 Å². The Morgan fingerprint density at radius 1 is 1.18 bits per heavy atom. The number of rotatable bonds is 4. The smallest absolute Gasteiger partial charge is 0.139 e. The van der Waals surface area contributed by atoms with Crippen molar-refractivity contribution in [1.82, 2.24) is 9.97 Å². The zero-order valence-electron chi connectivity index (χ0n) is 9.63. The highest BCUT2D eigenvalue weighted by Crippen LogP contribution is 2.20. The second-order valence-corrected chi connectivity index (χ2v) is 4.73. The first kappa shape index (κ1) is 12.1. The fourth-order valence-corrected chi connectivity index (χ4v) is 2.28. The molecule has 1 N–H and O–H groups in total. The summed E-state index contributed by atoms with van der Waals surface area (Å²) in [7, 11) is 0. The molecule has 0 spiro atoms. The fourth-order valence-electron chi connectivity index (χ4n) is 1.51. The van der Waals surface area contributed by atoms with Crippen molar-refractivity contribution < 1.29 is 5.11 Å². The Morgan fingerprint density at radius 2 is 1.94 bits per heavy atom. The van der Waals surface area contributed by atoms with Gasteiger partial charge in [-0.05, 0) is 25.1 Å². The van der Waals surface area contributed by atoms with Crippen LogP contribution in [0.25, 0.3) is 0 Å². The summed E-state index contributed by atoms with van der Waals surface area (Å²) in [5.41, 5.74) is 1.58. The second-order valence-electron chi connectivity index (χ2n) is 3.68. The number of aliphatic hydroxyl groups excluding tert-OH is 1. The number of hydrogen-bond donors (Lipinski definition) is 1. The summed E-state index contributed by atoms with van der Waals surface area (Å²) < 4.78 is 0. The van der Waals surface area contributed by atoms with Crippen molar-refractivity contribution in [3.05, 3.63) is 53.6 Å². The molecule has 2 rings (SSSR count). The number of aryl methyl sites for hydroxylation is 1. The van der Waals surface area contributed by atoms with Crippen molar-refractivity contribution in [2.24, 2.45) is 0 Å². The van der Waals surface area contributed by atoms with Crippen molar-refractivity contribution in [3.8, 4) is 0 Å². The topological polar surface area (TPSA) is 46.0 Å². The van der Waals surface area contributed by atoms with Gasteiger partial charge in [0.2, 0.25) is 0 Å². The van der Waals surface area contributed by atoms with Gasteiger partial charge in [-0.15, -0.1) is 11.8 Å². The first-order valence-corrected chi connectivity index (χ1v) is 6.38. The third-order valence-corrected chi connectivity index (χ3v) is 3.23. The van der Waals surface area contributed by atoms with Crippen LogP contribution in [0.3, 0.4) is 0 Å². The second kappa shape index (κ2) is 5.80. The summed E-state index contributed by atoms with van der Waals surface area (Å²) >= 11 is 1.69. The van der Waals surface area contributed by atoms with Crippen LogP contribution in [0.5, 0.6) is 0 Å². The first-order chi connectivity index (χ1) is 8.28. The van der Waals surface area contributed by atoms with E-state index < -0.39 is 0 Å². The van der Waals surface area contributed by atoms with Gasteiger partial charge in [0, 0.05) is 10.6 Å². The number of nitrogens with zero attached hydrogens (tertiary/aromatic N) is 2. The summed E-state index contributed by atoms with van der Waals surface area (Å²) in [5.74, 6) is 1.49. The van der Waals surface area contributed by atoms with E-state index >= 15 is 0 Å². The minimum Gasteiger partial charge on any atom is -0.390 e. The van der Waals surface area contributed by atoms with Crippen LogP contribution in [0.2, 0.25) is 0 Å². The maximum Gasteiger partial charge on any atom is 0.139 e. The van der Waals surface area contributed by atoms with Crippen LogP contribution in [0.1, 0.15) is 17.2 Å². The van der Waals surface area contributed by atoms with Crippen LogP contribution in [-0.2, 0) is 12.4 Å². The third-order valence-electron chi connectivity index (χ3n) is 2.23. The molecule has 88 valence electrons. The van der Waals surface area contributed by atoms with Gasteiger partial charge in [-0.2, -0.15) is 0 Å². The van der Waals surface area contributed by atoms with Crippen LogP contribution < -0.4 is 0 Å². The van der Waals surface area contributed by atoms with Gasteiger partial charge in [0.25, 0.3) is 0 Å². The molecule has 0 amide bonds. The Morgan fingerprint density at radius 3 is 2.65 bits per heavy atom. The molecule has 4 heteroatoms. The molecule has 0 aliphatic heterocycles. The highest BCUT2D eigenvalue weighted by molar-refractivity contribution is 7.98. The van der Waals surface area contributed by atoms with E-state index in [-0.39, 0.29) is 6.61 Å². The number of aromatic nitrogens is 2. The van der Waals surface area contributed by atoms with Gasteiger partial charge < -0.3 is 5.11 Å². The Kier molecular flexibility index (Phi) is 4.12. The summed E-state index contributed by atoms with van der Waals surface area (Å²) in [6.07, 6.45) is 0. The van der Waals surface area contributed by atoms with E-state index in [9.17, 15) is 0 Å². The van der Waals surface area contributed by atoms with E-state index in [4.69, 9.17) is 5.11 Å². The highest BCUT2D eigenvalue weighted by Gasteiger charge is 2.02. The Hall–Kier alpha value is -1.39. The molecule has 0 atom stereocenters. The lowest BCUT2D eigenvalue weighted by molar-refractivity contribution is 0.276. The fraction of sp³-hybridized carbons (Fsp3) is 0.231. The van der Waals surface area contributed by atoms with Gasteiger partial charge >= 0.3 is 0 Å². The monoisotopic (exact) mass is 246 g/mol. The van der Waals surface area contributed by atoms with Crippen molar-refractivity contribution in [1.29, 1.82) is 0 Å². The molecule has 1 heterocycles. The maximum atomic E-state index is 9.07. The quantitative estimate of drug-likeness (QED) is 0.842. The van der Waals surface area contributed by atoms with E-state index in [1.54, 1.807) is 17.8 Å². The van der Waals surface area contributed by atoms with E-state index in [1.165, 1.54) is 4.90 Å². The Balaban J connectivity index is 2.06. The molecule has 0 aliphatic carbocycles. The minimum absolute atomic E-state index is 0.0354. The largest absolute Gasteiger partial charge is 0.390 e. The standard InChI is InChI=1S/C13H14N2OS/c1-10-7-11(8-16)15-13(14-10)9-17-12-5-3-2-4-6-12/h2-7,16H,8-9H2,1H3. The lowest BCUT2D eigenvalue weighted by atomic mass is 10.3. The molecule has 0 saturated carbocycles. The summed E-state index contributed by atoms with van der Waals surface area (Å²) in [4.78, 5) is 9.84. The zero-order valence-corrected chi connectivity index (χ0v) is 10.4. The molecule has 0 saturated heterocycles. The van der Waals surface area contributed by atoms with Gasteiger partial charge in [-0.1, -0.05) is 18.2 Å². The average molecular weight is 246 g/mol. The van der Waals surface area contributed by atoms with Gasteiger partial charge in [0.1, 0.15) is 5.82 Å². The van der Waals surface area contributed by atoms with Crippen molar-refractivity contribution in [2.45, 2.75) is 24.2 Å². The number of aliphatic hydroxyl groups is 1. The van der Waals surface area contributed by atoms with Gasteiger partial charge in [0.05, 0.1) is 18.1 Å². The zero-order chi connectivity index (χ0) is 12.1. The average Bonchev–Trinajstić information content (AvgIpc) is 2.37. The number of benzene rings is 1. The number of thioether (sulfide) groups is 1. The molecular weight excluding hydrogens is 232 g/mol. The van der Waals surface area contributed by atoms with Gasteiger partial charge in [-0.25, -0.2) is 9.97 Å². The van der Waals surface area contributed by atoms with Gasteiger partial charge in [-0.3, -0.25) is 0 Å². The first-order valence-electron chi connectivity index (χ1n) is 5.40. The molecule has 17 heavy (non-hydrogen) atoms. The normalized spacial score (nSPS) is 10.5. The van der Waals surface area contributed by atoms with E-state index in [2.05, 4.69) is 22.1 Å². The van der Waals surface area contributed by atoms with Crippen LogP contribution in [-0.4, -0.2) is 15.1 Å². The van der Waals surface area contributed by atoms with Crippen LogP contribution >= 0.6 is 11.8 Å². The lowest BCUT2D eigenvalue weighted by Crippen LogP contribution is -2.00. The molecule has 0 bridgehead atoms. The lowest BCUT2D eigenvalue weighted by Gasteiger charge is -2.04. The third kappa shape index (κ3) is 3.54. The van der Waals surface area contributed by atoms with Crippen molar-refractivity contribution >= 4 is 11.8 Å². The molecule has 1 aromatic carbocycles. The summed E-state index contributed by atoms with van der Waals surface area (Å²) in [6.45, 7) is 1.88. The molecule has 0 radical (unpaired) electrons. The number of hydrogen-bond acceptors (Lipinski definition) is 4.